The molecule has 0 aromatic carbocycles. The molecule has 19 heavy (non-hydrogen) atoms. The van der Waals surface area contributed by atoms with Crippen LogP contribution in [0.1, 0.15) is 25.5 Å². The van der Waals surface area contributed by atoms with Crippen molar-refractivity contribution in [2.45, 2.75) is 19.9 Å². The maximum absolute atomic E-state index is 11.5. The highest BCUT2D eigenvalue weighted by Crippen LogP contribution is 1.98. The van der Waals surface area contributed by atoms with Gasteiger partial charge in [0, 0.05) is 12.2 Å². The number of H-pyrrole nitrogens is 1. The van der Waals surface area contributed by atoms with Crippen LogP contribution in [0, 0.1) is 11.8 Å². The minimum absolute atomic E-state index is 0.0135. The first kappa shape index (κ1) is 14.7. The Morgan fingerprint density at radius 2 is 2.21 bits per heavy atom. The van der Waals surface area contributed by atoms with E-state index in [1.807, 2.05) is 0 Å². The van der Waals surface area contributed by atoms with E-state index >= 15 is 0 Å². The van der Waals surface area contributed by atoms with Gasteiger partial charge in [0.05, 0.1) is 6.54 Å². The molecule has 0 radical (unpaired) electrons. The zero-order valence-electron chi connectivity index (χ0n) is 10.7. The van der Waals surface area contributed by atoms with Crippen LogP contribution in [0.3, 0.4) is 0 Å². The highest BCUT2D eigenvalue weighted by atomic mass is 16.3. The Bertz CT molecular complexity index is 631. The van der Waals surface area contributed by atoms with Crippen LogP contribution in [0.4, 0.5) is 0 Å². The Balaban J connectivity index is 2.93. The van der Waals surface area contributed by atoms with Gasteiger partial charge in [-0.25, -0.2) is 4.79 Å². The van der Waals surface area contributed by atoms with Gasteiger partial charge in [-0.1, -0.05) is 11.8 Å². The maximum Gasteiger partial charge on any atom is 0.328 e. The van der Waals surface area contributed by atoms with Gasteiger partial charge in [0.1, 0.15) is 12.2 Å². The first-order valence-electron chi connectivity index (χ1n) is 5.67. The Hall–Kier alpha value is -2.33. The molecule has 1 amide bonds. The lowest BCUT2D eigenvalue weighted by Crippen LogP contribution is -2.32. The molecule has 0 saturated heterocycles. The molecule has 0 atom stereocenters. The molecule has 1 aromatic rings. The van der Waals surface area contributed by atoms with Crippen molar-refractivity contribution < 1.29 is 9.90 Å². The van der Waals surface area contributed by atoms with Crippen LogP contribution < -0.4 is 16.6 Å². The number of rotatable bonds is 3. The summed E-state index contributed by atoms with van der Waals surface area (Å²) < 4.78 is 1.36. The quantitative estimate of drug-likeness (QED) is 0.583. The third kappa shape index (κ3) is 4.12. The van der Waals surface area contributed by atoms with Crippen molar-refractivity contribution in [3.63, 3.8) is 0 Å². The van der Waals surface area contributed by atoms with Gasteiger partial charge in [-0.15, -0.1) is 0 Å². The molecule has 0 fully saturated rings. The van der Waals surface area contributed by atoms with Crippen molar-refractivity contribution >= 4 is 5.91 Å². The summed E-state index contributed by atoms with van der Waals surface area (Å²) in [7, 11) is 0. The SMILES string of the molecule is CC(C)n1cc(C#CCNC(=O)CO)c(=O)[nH]c1=O. The predicted octanol–water partition coefficient (Wildman–Crippen LogP) is -1.42. The second-order valence-electron chi connectivity index (χ2n) is 4.04. The van der Waals surface area contributed by atoms with Gasteiger partial charge >= 0.3 is 5.69 Å². The highest BCUT2D eigenvalue weighted by molar-refractivity contribution is 5.77. The molecule has 7 heteroatoms. The van der Waals surface area contributed by atoms with Crippen molar-refractivity contribution in [2.24, 2.45) is 0 Å². The number of carbonyl (C=O) groups excluding carboxylic acids is 1. The van der Waals surface area contributed by atoms with Gasteiger partial charge in [0.2, 0.25) is 5.91 Å². The molecule has 0 aliphatic heterocycles. The lowest BCUT2D eigenvalue weighted by Gasteiger charge is -2.08. The van der Waals surface area contributed by atoms with Crippen LogP contribution in [0.2, 0.25) is 0 Å². The van der Waals surface area contributed by atoms with Gasteiger partial charge in [-0.3, -0.25) is 19.1 Å². The number of aliphatic hydroxyl groups excluding tert-OH is 1. The number of hydrogen-bond donors (Lipinski definition) is 3. The molecule has 1 rings (SSSR count). The summed E-state index contributed by atoms with van der Waals surface area (Å²) in [5.41, 5.74) is -0.909. The van der Waals surface area contributed by atoms with E-state index in [2.05, 4.69) is 22.1 Å². The normalized spacial score (nSPS) is 9.89. The number of nitrogens with zero attached hydrogens (tertiary/aromatic N) is 1. The fourth-order valence-electron chi connectivity index (χ4n) is 1.30. The summed E-state index contributed by atoms with van der Waals surface area (Å²) in [5, 5.41) is 10.8. The van der Waals surface area contributed by atoms with E-state index in [4.69, 9.17) is 5.11 Å². The standard InChI is InChI=1S/C12H15N3O4/c1-8(2)15-6-9(11(18)14-12(15)19)4-3-5-13-10(17)7-16/h6,8,16H,5,7H2,1-2H3,(H,13,17)(H,14,18,19). The van der Waals surface area contributed by atoms with Gasteiger partial charge < -0.3 is 10.4 Å². The number of aromatic nitrogens is 2. The Morgan fingerprint density at radius 3 is 2.79 bits per heavy atom. The molecule has 0 bridgehead atoms. The van der Waals surface area contributed by atoms with Gasteiger partial charge in [-0.2, -0.15) is 0 Å². The second kappa shape index (κ2) is 6.56. The van der Waals surface area contributed by atoms with Crippen LogP contribution in [0.15, 0.2) is 15.8 Å². The van der Waals surface area contributed by atoms with Crippen molar-refractivity contribution in [3.05, 3.63) is 32.6 Å². The predicted molar refractivity (Wildman–Crippen MR) is 68.7 cm³/mol. The van der Waals surface area contributed by atoms with Crippen LogP contribution in [0.5, 0.6) is 0 Å². The largest absolute Gasteiger partial charge is 0.387 e. The molecule has 0 spiro atoms. The summed E-state index contributed by atoms with van der Waals surface area (Å²) in [6, 6.07) is -0.0982. The fraction of sp³-hybridized carbons (Fsp3) is 0.417. The summed E-state index contributed by atoms with van der Waals surface area (Å²) in [6.45, 7) is 3.01. The molecule has 0 unspecified atom stereocenters. The van der Waals surface area contributed by atoms with E-state index in [-0.39, 0.29) is 18.2 Å². The number of amides is 1. The number of nitrogens with one attached hydrogen (secondary N) is 2. The highest BCUT2D eigenvalue weighted by Gasteiger charge is 2.04. The maximum atomic E-state index is 11.5. The van der Waals surface area contributed by atoms with E-state index in [1.165, 1.54) is 10.8 Å². The Kier molecular flexibility index (Phi) is 5.09. The summed E-state index contributed by atoms with van der Waals surface area (Å²) in [6.07, 6.45) is 1.38. The van der Waals surface area contributed by atoms with E-state index in [1.54, 1.807) is 13.8 Å². The minimum atomic E-state index is -0.611. The van der Waals surface area contributed by atoms with E-state index < -0.39 is 23.8 Å². The molecule has 102 valence electrons. The van der Waals surface area contributed by atoms with Crippen molar-refractivity contribution in [1.82, 2.24) is 14.9 Å². The minimum Gasteiger partial charge on any atom is -0.387 e. The monoisotopic (exact) mass is 265 g/mol. The summed E-state index contributed by atoms with van der Waals surface area (Å²) >= 11 is 0. The molecular formula is C12H15N3O4. The van der Waals surface area contributed by atoms with Gasteiger partial charge in [0.15, 0.2) is 0 Å². The van der Waals surface area contributed by atoms with Crippen molar-refractivity contribution in [1.29, 1.82) is 0 Å². The van der Waals surface area contributed by atoms with Crippen LogP contribution in [0.25, 0.3) is 0 Å². The average Bonchev–Trinajstić information content (AvgIpc) is 2.35. The smallest absolute Gasteiger partial charge is 0.328 e. The molecule has 0 aliphatic carbocycles. The fourth-order valence-corrected chi connectivity index (χ4v) is 1.30. The van der Waals surface area contributed by atoms with E-state index in [0.717, 1.165) is 0 Å². The molecule has 0 saturated carbocycles. The third-order valence-electron chi connectivity index (χ3n) is 2.26. The summed E-state index contributed by atoms with van der Waals surface area (Å²) in [5.74, 6) is 4.58. The molecule has 0 aliphatic rings. The zero-order valence-corrected chi connectivity index (χ0v) is 10.7. The number of aliphatic hydroxyl groups is 1. The van der Waals surface area contributed by atoms with Crippen LogP contribution in [-0.4, -0.2) is 33.7 Å². The lowest BCUT2D eigenvalue weighted by atomic mass is 10.3. The average molecular weight is 265 g/mol. The third-order valence-corrected chi connectivity index (χ3v) is 2.26. The van der Waals surface area contributed by atoms with Crippen molar-refractivity contribution in [2.75, 3.05) is 13.2 Å². The van der Waals surface area contributed by atoms with Gasteiger partial charge in [-0.05, 0) is 13.8 Å². The van der Waals surface area contributed by atoms with E-state index in [9.17, 15) is 14.4 Å². The zero-order chi connectivity index (χ0) is 14.4. The lowest BCUT2D eigenvalue weighted by molar-refractivity contribution is -0.123. The number of carbonyl (C=O) groups is 1. The summed E-state index contributed by atoms with van der Waals surface area (Å²) in [4.78, 5) is 35.9. The molecule has 1 aromatic heterocycles. The Morgan fingerprint density at radius 1 is 1.53 bits per heavy atom. The van der Waals surface area contributed by atoms with Crippen LogP contribution in [-0.2, 0) is 4.79 Å². The van der Waals surface area contributed by atoms with Gasteiger partial charge in [0.25, 0.3) is 5.56 Å². The topological polar surface area (TPSA) is 104 Å². The van der Waals surface area contributed by atoms with E-state index in [0.29, 0.717) is 0 Å². The first-order valence-corrected chi connectivity index (χ1v) is 5.67. The van der Waals surface area contributed by atoms with Crippen molar-refractivity contribution in [3.8, 4) is 11.8 Å². The second-order valence-corrected chi connectivity index (χ2v) is 4.04. The molecule has 7 nitrogen and oxygen atoms in total. The van der Waals surface area contributed by atoms with Crippen LogP contribution >= 0.6 is 0 Å². The first-order chi connectivity index (χ1) is 8.95. The number of aromatic amines is 1. The molecule has 1 heterocycles. The molecule has 3 N–H and O–H groups in total. The Labute approximate surface area is 109 Å². The molecular weight excluding hydrogens is 250 g/mol. The number of hydrogen-bond acceptors (Lipinski definition) is 4.